The van der Waals surface area contributed by atoms with E-state index in [0.717, 1.165) is 0 Å². The topological polar surface area (TPSA) is 109 Å². The smallest absolute Gasteiger partial charge is 0.412 e. The molecule has 0 aliphatic heterocycles. The molecule has 0 aliphatic rings. The minimum Gasteiger partial charge on any atom is -0.412 e. The molecule has 0 rings (SSSR count). The molecule has 0 aliphatic carbocycles. The summed E-state index contributed by atoms with van der Waals surface area (Å²) < 4.78 is 8.88. The zero-order valence-corrected chi connectivity index (χ0v) is 5.05. The van der Waals surface area contributed by atoms with Gasteiger partial charge in [0.15, 0.2) is 0 Å². The molecule has 0 unspecified atom stereocenters. The summed E-state index contributed by atoms with van der Waals surface area (Å²) in [6.45, 7) is 0. The van der Waals surface area contributed by atoms with Gasteiger partial charge < -0.3 is 20.2 Å². The molecule has 0 aromatic carbocycles. The van der Waals surface area contributed by atoms with Crippen molar-refractivity contribution in [3.8, 4) is 0 Å². The molecule has 0 heterocycles. The van der Waals surface area contributed by atoms with E-state index >= 15 is 0 Å². The third-order valence-electron chi connectivity index (χ3n) is 0. The molecule has 0 aromatic heterocycles. The fourth-order valence-corrected chi connectivity index (χ4v) is 0. The van der Waals surface area contributed by atoms with Crippen molar-refractivity contribution >= 4 is 30.9 Å². The van der Waals surface area contributed by atoms with E-state index in [4.69, 9.17) is 19.2 Å². The van der Waals surface area contributed by atoms with Gasteiger partial charge in [0, 0.05) is 17.1 Å². The van der Waals surface area contributed by atoms with Crippen LogP contribution in [0.15, 0.2) is 0 Å². The van der Waals surface area contributed by atoms with Gasteiger partial charge in [-0.15, -0.1) is 0 Å². The van der Waals surface area contributed by atoms with E-state index < -0.39 is 7.82 Å². The van der Waals surface area contributed by atoms with Gasteiger partial charge in [0.1, 0.15) is 0 Å². The van der Waals surface area contributed by atoms with Crippen LogP contribution in [0.1, 0.15) is 0 Å². The summed E-state index contributed by atoms with van der Waals surface area (Å²) in [4.78, 5) is 21.6. The number of phosphoric acid groups is 1. The van der Waals surface area contributed by atoms with Crippen molar-refractivity contribution in [3.05, 3.63) is 0 Å². The first-order chi connectivity index (χ1) is 2.00. The second kappa shape index (κ2) is 8.36. The van der Waals surface area contributed by atoms with E-state index in [9.17, 15) is 0 Å². The Kier molecular flexibility index (Phi) is 23.8. The fourth-order valence-electron chi connectivity index (χ4n) is 0. The van der Waals surface area contributed by atoms with Crippen LogP contribution in [-0.2, 0) is 21.6 Å². The van der Waals surface area contributed by atoms with Crippen molar-refractivity contribution in [3.63, 3.8) is 0 Å². The van der Waals surface area contributed by atoms with Gasteiger partial charge in [-0.25, -0.2) is 4.57 Å². The molecule has 0 atom stereocenters. The summed E-state index contributed by atoms with van der Waals surface area (Å²) in [5.74, 6) is 0. The molecule has 0 fully saturated rings. The minimum atomic E-state index is -4.64. The Balaban J connectivity index is -0.0000000267. The molecular formula is H7FeMgO5P. The van der Waals surface area contributed by atoms with Crippen molar-refractivity contribution in [2.45, 2.75) is 0 Å². The molecule has 0 bridgehead atoms. The monoisotopic (exact) mass is 198 g/mol. The van der Waals surface area contributed by atoms with Crippen molar-refractivity contribution in [1.29, 1.82) is 0 Å². The largest absolute Gasteiger partial charge is 0.466 e. The molecule has 0 saturated heterocycles. The predicted octanol–water partition coefficient (Wildman–Crippen LogP) is -2.67. The van der Waals surface area contributed by atoms with Crippen LogP contribution in [0.25, 0.3) is 0 Å². The quantitative estimate of drug-likeness (QED) is 0.291. The first-order valence-electron chi connectivity index (χ1n) is 0.783. The van der Waals surface area contributed by atoms with Crippen LogP contribution >= 0.6 is 7.82 Å². The van der Waals surface area contributed by atoms with Gasteiger partial charge in [-0.05, 0) is 0 Å². The van der Waals surface area contributed by atoms with Crippen LogP contribution in [0.2, 0.25) is 0 Å². The summed E-state index contributed by atoms with van der Waals surface area (Å²) in [6.07, 6.45) is 0. The molecule has 5 N–H and O–H groups in total. The van der Waals surface area contributed by atoms with Crippen molar-refractivity contribution in [1.82, 2.24) is 0 Å². The van der Waals surface area contributed by atoms with Gasteiger partial charge >= 0.3 is 30.9 Å². The molecule has 5 nitrogen and oxygen atoms in total. The first-order valence-corrected chi connectivity index (χ1v) is 2.35. The van der Waals surface area contributed by atoms with E-state index in [0.29, 0.717) is 0 Å². The Morgan fingerprint density at radius 1 is 1.12 bits per heavy atom. The van der Waals surface area contributed by atoms with E-state index in [2.05, 4.69) is 0 Å². The zero-order valence-electron chi connectivity index (χ0n) is 3.05. The SMILES string of the molecule is O.O=P(O)(O)O.[Fe].[MgH2]. The molecule has 0 saturated carbocycles. The summed E-state index contributed by atoms with van der Waals surface area (Å²) >= 11 is 0. The average Bonchev–Trinajstić information content (AvgIpc) is 0.722. The maximum absolute atomic E-state index is 8.88. The predicted molar refractivity (Wildman–Crippen MR) is 26.4 cm³/mol. The zero-order chi connectivity index (χ0) is 4.50. The molecule has 8 heteroatoms. The van der Waals surface area contributed by atoms with Gasteiger partial charge in [0.2, 0.25) is 0 Å². The molecule has 0 radical (unpaired) electrons. The summed E-state index contributed by atoms with van der Waals surface area (Å²) in [5.41, 5.74) is 0. The van der Waals surface area contributed by atoms with E-state index in [1.165, 1.54) is 0 Å². The van der Waals surface area contributed by atoms with Crippen molar-refractivity contribution < 1.29 is 41.8 Å². The summed E-state index contributed by atoms with van der Waals surface area (Å²) in [5, 5.41) is 0. The Labute approximate surface area is 72.7 Å². The number of hydrogen-bond acceptors (Lipinski definition) is 1. The molecule has 52 valence electrons. The van der Waals surface area contributed by atoms with Crippen molar-refractivity contribution in [2.75, 3.05) is 0 Å². The van der Waals surface area contributed by atoms with Gasteiger partial charge in [0.05, 0.1) is 0 Å². The molecule has 0 amide bonds. The third kappa shape index (κ3) is 162. The minimum absolute atomic E-state index is 0. The molecule has 0 spiro atoms. The van der Waals surface area contributed by atoms with Crippen LogP contribution in [0.3, 0.4) is 0 Å². The average molecular weight is 198 g/mol. The molecule has 8 heavy (non-hydrogen) atoms. The first kappa shape index (κ1) is 22.8. The second-order valence-electron chi connectivity index (χ2n) is 0.513. The van der Waals surface area contributed by atoms with Gasteiger partial charge in [-0.3, -0.25) is 0 Å². The number of rotatable bonds is 0. The Morgan fingerprint density at radius 3 is 1.12 bits per heavy atom. The molecular weight excluding hydrogens is 191 g/mol. The molecule has 0 aromatic rings. The van der Waals surface area contributed by atoms with Crippen LogP contribution < -0.4 is 0 Å². The van der Waals surface area contributed by atoms with Crippen LogP contribution in [0.5, 0.6) is 0 Å². The van der Waals surface area contributed by atoms with E-state index in [-0.39, 0.29) is 45.6 Å². The normalized spacial score (nSPS) is 7.38. The second-order valence-corrected chi connectivity index (χ2v) is 1.54. The Morgan fingerprint density at radius 2 is 1.12 bits per heavy atom. The maximum Gasteiger partial charge on any atom is 0.466 e. The maximum atomic E-state index is 8.88. The fraction of sp³-hybridized carbons (Fsp3) is 0. The van der Waals surface area contributed by atoms with E-state index in [1.807, 2.05) is 0 Å². The van der Waals surface area contributed by atoms with Crippen LogP contribution in [0.4, 0.5) is 0 Å². The summed E-state index contributed by atoms with van der Waals surface area (Å²) in [6, 6.07) is 0. The third-order valence-corrected chi connectivity index (χ3v) is 0. The number of hydrogen-bond donors (Lipinski definition) is 3. The standard InChI is InChI=1S/Fe.Mg.H3O4P.H2O.2H/c;;1-5(2,3)4;;;/h;;(H3,1,2,3,4);1H2;;. The van der Waals surface area contributed by atoms with Gasteiger partial charge in [0.25, 0.3) is 0 Å². The van der Waals surface area contributed by atoms with Gasteiger partial charge in [-0.2, -0.15) is 0 Å². The van der Waals surface area contributed by atoms with Gasteiger partial charge in [-0.1, -0.05) is 0 Å². The Bertz CT molecular complexity index is 58.6. The van der Waals surface area contributed by atoms with Crippen LogP contribution in [0, 0.1) is 0 Å². The Hall–Kier alpha value is 1.36. The van der Waals surface area contributed by atoms with Crippen LogP contribution in [-0.4, -0.2) is 43.2 Å². The summed E-state index contributed by atoms with van der Waals surface area (Å²) in [7, 11) is -4.64. The van der Waals surface area contributed by atoms with Crippen molar-refractivity contribution in [2.24, 2.45) is 0 Å². The van der Waals surface area contributed by atoms with E-state index in [1.54, 1.807) is 0 Å².